The van der Waals surface area contributed by atoms with Crippen LogP contribution in [-0.2, 0) is 56.9 Å². The van der Waals surface area contributed by atoms with Gasteiger partial charge in [0.05, 0.1) is 46.7 Å². The van der Waals surface area contributed by atoms with Crippen molar-refractivity contribution in [3.8, 4) is 17.2 Å². The van der Waals surface area contributed by atoms with Crippen molar-refractivity contribution in [1.29, 1.82) is 0 Å². The number of hydrogen-bond donors (Lipinski definition) is 4. The van der Waals surface area contributed by atoms with Crippen LogP contribution in [0, 0.1) is 0 Å². The van der Waals surface area contributed by atoms with Gasteiger partial charge in [-0.1, -0.05) is 224 Å². The number of rotatable bonds is 26. The van der Waals surface area contributed by atoms with Gasteiger partial charge in [0.25, 0.3) is 0 Å². The van der Waals surface area contributed by atoms with Crippen molar-refractivity contribution >= 4 is 50.2 Å². The second-order valence-corrected chi connectivity index (χ2v) is 26.7. The van der Waals surface area contributed by atoms with Crippen molar-refractivity contribution in [2.45, 2.75) is 73.5 Å². The Kier molecular flexibility index (Phi) is 24.1. The number of nitrogens with zero attached hydrogens (tertiary/aromatic N) is 8. The molecule has 15 rings (SSSR count). The minimum atomic E-state index is -2.96. The largest absolute Gasteiger partial charge is 0.694 e. The number of alkyl halides is 2. The number of fused-ring (bicyclic) bond motifs is 2. The summed E-state index contributed by atoms with van der Waals surface area (Å²) in [4.78, 5) is 37.1. The van der Waals surface area contributed by atoms with E-state index < -0.39 is 89.8 Å². The van der Waals surface area contributed by atoms with Gasteiger partial charge in [-0.3, -0.25) is 13.7 Å². The molecule has 2 aliphatic rings. The maximum absolute atomic E-state index is 16.0. The van der Waals surface area contributed by atoms with Crippen LogP contribution < -0.4 is 24.6 Å². The average Bonchev–Trinajstić information content (AvgIpc) is 1.17. The van der Waals surface area contributed by atoms with Crippen molar-refractivity contribution in [2.24, 2.45) is 0 Å². The van der Waals surface area contributed by atoms with E-state index in [2.05, 4.69) is 103 Å². The highest BCUT2D eigenvalue weighted by molar-refractivity contribution is 7.38. The Morgan fingerprint density at radius 1 is 0.458 bits per heavy atom. The zero-order valence-electron chi connectivity index (χ0n) is 58.3. The molecule has 9 aromatic carbocycles. The van der Waals surface area contributed by atoms with E-state index in [4.69, 9.17) is 47.4 Å². The van der Waals surface area contributed by atoms with Crippen molar-refractivity contribution in [3.63, 3.8) is 0 Å². The Hall–Kier alpha value is -11.1. The number of benzene rings is 9. The van der Waals surface area contributed by atoms with Gasteiger partial charge in [0, 0.05) is 4.57 Å². The van der Waals surface area contributed by atoms with Crippen LogP contribution in [0.2, 0.25) is 0 Å². The second kappa shape index (κ2) is 34.8. The number of ether oxygens (including phenoxy) is 6. The first-order chi connectivity index (χ1) is 52.4. The smallest absolute Gasteiger partial charge is 0.497 e. The molecule has 2 fully saturated rings. The van der Waals surface area contributed by atoms with Crippen molar-refractivity contribution in [2.75, 3.05) is 44.7 Å². The van der Waals surface area contributed by atoms with Crippen LogP contribution in [0.5, 0.6) is 17.2 Å². The molecule has 0 saturated carbocycles. The summed E-state index contributed by atoms with van der Waals surface area (Å²) in [7, 11) is -1.31. The highest BCUT2D eigenvalue weighted by atomic mass is 31.1. The summed E-state index contributed by atoms with van der Waals surface area (Å²) in [6.45, 7) is 0.784. The minimum absolute atomic E-state index is 0.0684. The summed E-state index contributed by atoms with van der Waals surface area (Å²) in [6, 6.07) is 84.4. The first-order valence-corrected chi connectivity index (χ1v) is 37.0. The summed E-state index contributed by atoms with van der Waals surface area (Å²) in [6.07, 6.45) is -3.75. The molecule has 0 amide bonds. The number of anilines is 2. The summed E-state index contributed by atoms with van der Waals surface area (Å²) >= 11 is 0. The van der Waals surface area contributed by atoms with Crippen LogP contribution in [-0.4, -0.2) is 120 Å². The summed E-state index contributed by atoms with van der Waals surface area (Å²) in [5.41, 5.74) is 7.50. The van der Waals surface area contributed by atoms with E-state index in [1.54, 1.807) is 53.9 Å². The number of aromatic nitrogens is 8. The molecule has 6 heterocycles. The zero-order chi connectivity index (χ0) is 74.1. The Bertz CT molecular complexity index is 4810. The highest BCUT2D eigenvalue weighted by Crippen LogP contribution is 2.45. The molecular weight excluding hydrogens is 1400 g/mol. The van der Waals surface area contributed by atoms with Gasteiger partial charge in [-0.05, 0) is 85.5 Å². The third kappa shape index (κ3) is 16.6. The third-order valence-corrected chi connectivity index (χ3v) is 19.2. The van der Waals surface area contributed by atoms with Gasteiger partial charge >= 0.3 is 16.3 Å². The van der Waals surface area contributed by atoms with E-state index in [0.29, 0.717) is 51.2 Å². The zero-order valence-corrected chi connectivity index (χ0v) is 60.1. The molecule has 10 atom stereocenters. The van der Waals surface area contributed by atoms with Crippen LogP contribution in [0.15, 0.2) is 286 Å². The number of aliphatic hydroxyl groups excluding tert-OH is 1. The van der Waals surface area contributed by atoms with Gasteiger partial charge in [0.2, 0.25) is 0 Å². The van der Waals surface area contributed by atoms with E-state index in [1.165, 1.54) is 25.6 Å². The Labute approximate surface area is 617 Å². The molecule has 22 nitrogen and oxygen atoms in total. The summed E-state index contributed by atoms with van der Waals surface area (Å²) in [5, 5.41) is 17.4. The molecule has 4 N–H and O–H groups in total. The fourth-order valence-electron chi connectivity index (χ4n) is 13.2. The van der Waals surface area contributed by atoms with E-state index in [9.17, 15) is 19.1 Å². The van der Waals surface area contributed by atoms with Crippen LogP contribution in [0.4, 0.5) is 20.4 Å². The van der Waals surface area contributed by atoms with Gasteiger partial charge in [-0.15, -0.1) is 9.42 Å². The van der Waals surface area contributed by atoms with Crippen LogP contribution in [0.3, 0.4) is 0 Å². The first kappa shape index (κ1) is 74.1. The van der Waals surface area contributed by atoms with Crippen molar-refractivity contribution in [3.05, 3.63) is 331 Å². The fourth-order valence-corrected chi connectivity index (χ4v) is 13.9. The molecule has 0 radical (unpaired) electrons. The van der Waals surface area contributed by atoms with Crippen LogP contribution in [0.25, 0.3) is 22.3 Å². The lowest BCUT2D eigenvalue weighted by molar-refractivity contribution is -0.0741. The molecule has 4 aromatic heterocycles. The molecule has 0 bridgehead atoms. The van der Waals surface area contributed by atoms with E-state index in [1.807, 2.05) is 164 Å². The normalized spacial score (nSPS) is 18.6. The first-order valence-electron chi connectivity index (χ1n) is 34.3. The molecule has 0 aliphatic carbocycles. The molecule has 107 heavy (non-hydrogen) atoms. The van der Waals surface area contributed by atoms with Crippen LogP contribution >= 0.6 is 16.3 Å². The van der Waals surface area contributed by atoms with Gasteiger partial charge in [0.15, 0.2) is 71.2 Å². The lowest BCUT2D eigenvalue weighted by Crippen LogP contribution is -2.38. The predicted molar refractivity (Wildman–Crippen MR) is 401 cm³/mol. The average molecular weight is 1480 g/mol. The number of imidazole rings is 2. The molecule has 0 spiro atoms. The quantitative estimate of drug-likeness (QED) is 0.0290. The van der Waals surface area contributed by atoms with Crippen molar-refractivity contribution < 1.29 is 65.4 Å². The van der Waals surface area contributed by atoms with E-state index in [0.717, 1.165) is 44.5 Å². The minimum Gasteiger partial charge on any atom is -0.497 e. The maximum Gasteiger partial charge on any atom is 0.694 e. The topological polar surface area (TPSA) is 260 Å². The lowest BCUT2D eigenvalue weighted by Gasteiger charge is -2.37. The number of aliphatic hydroxyl groups is 1. The SMILES string of the molecule is COc1ccc(COC2[C@@H](F)[C@@H](CO)O[C@H]2n2cnc3c(NC(c4ccccc4)(c4ccccc4)c4ccccc4)ncnc32)cc1.COc1ccc(COC2[C@@H](F)[C@@H](CO[P+](=O)O)O[C@H]2n2cnc3c(NC(c4ccccc4)(c4ccccc4)c4ccccc4)ncnc32)cc1.C[P+](=O)Oc1ccccc1. The highest BCUT2D eigenvalue weighted by Gasteiger charge is 2.50. The number of para-hydroxylation sites is 1. The molecule has 13 aromatic rings. The van der Waals surface area contributed by atoms with Crippen molar-refractivity contribution in [1.82, 2.24) is 39.0 Å². The molecule has 544 valence electrons. The van der Waals surface area contributed by atoms with E-state index >= 15 is 8.78 Å². The van der Waals surface area contributed by atoms with E-state index in [-0.39, 0.29) is 13.2 Å². The molecule has 2 aliphatic heterocycles. The molecule has 2 saturated heterocycles. The molecule has 4 unspecified atom stereocenters. The second-order valence-electron chi connectivity index (χ2n) is 24.9. The summed E-state index contributed by atoms with van der Waals surface area (Å²) in [5.74, 6) is 2.97. The standard InChI is InChI=1S/C37H33FN5O6P.C37H34FN5O4.C7H8O2P/c1-46-29-19-17-25(18-20-29)21-47-33-31(38)30(22-48-50(44)45)49-36(33)43-24-41-32-34(39-23-40-35(32)43)42-37(26-11-5-2-6-12-26,27-13-7-3-8-14-27)28-15-9-4-10-16-28;1-45-29-19-17-25(18-20-29)22-46-33-31(38)30(21-44)47-36(33)43-24-41-32-34(39-23-40-35(32)43)42-37(26-11-5-2-6-12-26,27-13-7-3-8-14-27)28-15-9-4-10-16-28;1-10(8)9-7-5-3-2-4-6-7/h2-20,23-24,30-31,33,36H,21-22H2,1H3,(H-,39,40,42,44,45);2-20,23-24,30-31,33,36,44H,21-22H2,1H3,(H,39,40,42);2-6H,1H3/q;;+1/p+1/t2*30-,31+,33?,36-;/m11./s1. The molecular formula is C81H76F2N10O12P2+2. The van der Waals surface area contributed by atoms with Gasteiger partial charge in [-0.25, -0.2) is 38.7 Å². The molecule has 26 heteroatoms. The van der Waals surface area contributed by atoms with Gasteiger partial charge in [-0.2, -0.15) is 0 Å². The van der Waals surface area contributed by atoms with Gasteiger partial charge in [0.1, 0.15) is 66.3 Å². The van der Waals surface area contributed by atoms with Crippen LogP contribution in [0.1, 0.15) is 57.0 Å². The fraction of sp³-hybridized carbons (Fsp3) is 0.210. The number of halogens is 2. The third-order valence-electron chi connectivity index (χ3n) is 18.4. The maximum atomic E-state index is 16.0. The Morgan fingerprint density at radius 3 is 1.12 bits per heavy atom. The predicted octanol–water partition coefficient (Wildman–Crippen LogP) is 15.2. The Morgan fingerprint density at radius 2 is 0.794 bits per heavy atom. The summed E-state index contributed by atoms with van der Waals surface area (Å²) < 4.78 is 101. The number of hydrogen-bond acceptors (Lipinski definition) is 19. The lowest BCUT2D eigenvalue weighted by atomic mass is 9.77. The Balaban J connectivity index is 0.000000167. The van der Waals surface area contributed by atoms with Gasteiger partial charge < -0.3 is 44.2 Å². The number of nitrogens with one attached hydrogen (secondary N) is 2. The number of methoxy groups -OCH3 is 2. The monoisotopic (exact) mass is 1480 g/mol.